The number of carbonyl (C=O) groups excluding carboxylic acids is 2. The summed E-state index contributed by atoms with van der Waals surface area (Å²) in [6, 6.07) is 11.3. The van der Waals surface area contributed by atoms with Crippen LogP contribution >= 0.6 is 0 Å². The van der Waals surface area contributed by atoms with E-state index in [0.29, 0.717) is 11.1 Å². The van der Waals surface area contributed by atoms with Crippen molar-refractivity contribution in [2.45, 2.75) is 137 Å². The van der Waals surface area contributed by atoms with Gasteiger partial charge in [-0.15, -0.1) is 0 Å². The third-order valence-corrected chi connectivity index (χ3v) is 10.6. The van der Waals surface area contributed by atoms with Crippen LogP contribution in [0.4, 0.5) is 0 Å². The number of esters is 2. The molecule has 5 rings (SSSR count). The first-order valence-electron chi connectivity index (χ1n) is 20.0. The summed E-state index contributed by atoms with van der Waals surface area (Å²) >= 11 is 0. The van der Waals surface area contributed by atoms with Gasteiger partial charge in [0.25, 0.3) is 0 Å². The first kappa shape index (κ1) is 50.3. The number of aliphatic hydroxyl groups excluding tert-OH is 12. The standard InChI is InChI=1S/C40H56O23/c1-17(2)11-40(55,39(54)58-15-19-5-9-20(10-6-19)59-37-32(50)29(47)26(44)23(13-42)62-37)34(52)35(53)56-14-18-3-7-21(8-4-18)60-38-33(51)30(48)27(45)24(63-38)16-57-36-31(49)28(46)25(43)22(12-41)61-36/h3-10,17,22-34,36-38,41-52,55H,11-16H2,1-2H3/t22-,23-,24-,25-,26-,27-,28+,29+,30+,31-,32-,33-,34-,36-,37-,38-,40-/m1/s1. The predicted octanol–water partition coefficient (Wildman–Crippen LogP) is -5.21. The number of hydrogen-bond acceptors (Lipinski definition) is 23. The molecule has 0 spiro atoms. The molecule has 0 aromatic heterocycles. The summed E-state index contributed by atoms with van der Waals surface area (Å²) in [6.07, 6.45) is -26.5. The van der Waals surface area contributed by atoms with Crippen LogP contribution in [-0.4, -0.2) is 202 Å². The lowest BCUT2D eigenvalue weighted by atomic mass is 9.87. The lowest BCUT2D eigenvalue weighted by molar-refractivity contribution is -0.323. The molecule has 3 fully saturated rings. The van der Waals surface area contributed by atoms with Gasteiger partial charge < -0.3 is 104 Å². The average molecular weight is 905 g/mol. The lowest BCUT2D eigenvalue weighted by Gasteiger charge is -2.42. The maximum Gasteiger partial charge on any atom is 0.341 e. The molecular weight excluding hydrogens is 848 g/mol. The fraction of sp³-hybridized carbons (Fsp3) is 0.650. The molecule has 2 aromatic rings. The molecule has 0 saturated carbocycles. The van der Waals surface area contributed by atoms with Crippen molar-refractivity contribution in [2.75, 3.05) is 19.8 Å². The Morgan fingerprint density at radius 2 is 0.984 bits per heavy atom. The Morgan fingerprint density at radius 1 is 0.587 bits per heavy atom. The zero-order valence-electron chi connectivity index (χ0n) is 34.1. The molecule has 0 unspecified atom stereocenters. The first-order chi connectivity index (χ1) is 29.8. The molecule has 13 N–H and O–H groups in total. The van der Waals surface area contributed by atoms with Gasteiger partial charge >= 0.3 is 11.9 Å². The predicted molar refractivity (Wildman–Crippen MR) is 204 cm³/mol. The highest BCUT2D eigenvalue weighted by Crippen LogP contribution is 2.30. The van der Waals surface area contributed by atoms with Gasteiger partial charge in [-0.1, -0.05) is 38.1 Å². The van der Waals surface area contributed by atoms with Crippen molar-refractivity contribution in [1.29, 1.82) is 0 Å². The Morgan fingerprint density at radius 3 is 1.43 bits per heavy atom. The number of hydrogen-bond donors (Lipinski definition) is 13. The molecule has 23 nitrogen and oxygen atoms in total. The van der Waals surface area contributed by atoms with Crippen molar-refractivity contribution in [1.82, 2.24) is 0 Å². The molecule has 0 bridgehead atoms. The molecule has 0 amide bonds. The first-order valence-corrected chi connectivity index (χ1v) is 20.0. The van der Waals surface area contributed by atoms with E-state index in [-0.39, 0.29) is 11.5 Å². The maximum atomic E-state index is 13.2. The molecule has 3 aliphatic rings. The maximum absolute atomic E-state index is 13.2. The van der Waals surface area contributed by atoms with E-state index in [0.717, 1.165) is 0 Å². The topological polar surface area (TPSA) is 371 Å². The highest BCUT2D eigenvalue weighted by atomic mass is 16.7. The summed E-state index contributed by atoms with van der Waals surface area (Å²) < 4.78 is 43.3. The summed E-state index contributed by atoms with van der Waals surface area (Å²) in [5.41, 5.74) is -2.02. The van der Waals surface area contributed by atoms with Crippen molar-refractivity contribution in [3.63, 3.8) is 0 Å². The van der Waals surface area contributed by atoms with Crippen molar-refractivity contribution < 1.29 is 114 Å². The van der Waals surface area contributed by atoms with Crippen LogP contribution in [0.5, 0.6) is 11.5 Å². The van der Waals surface area contributed by atoms with Crippen LogP contribution in [-0.2, 0) is 51.2 Å². The normalized spacial score (nSPS) is 35.0. The largest absolute Gasteiger partial charge is 0.462 e. The van der Waals surface area contributed by atoms with Crippen molar-refractivity contribution in [3.8, 4) is 11.5 Å². The molecular formula is C40H56O23. The van der Waals surface area contributed by atoms with E-state index >= 15 is 0 Å². The summed E-state index contributed by atoms with van der Waals surface area (Å²) in [5.74, 6) is -2.89. The molecule has 2 aromatic carbocycles. The molecule has 0 aliphatic carbocycles. The molecule has 3 aliphatic heterocycles. The van der Waals surface area contributed by atoms with E-state index in [2.05, 4.69) is 0 Å². The highest BCUT2D eigenvalue weighted by molar-refractivity contribution is 5.89. The number of benzene rings is 2. The van der Waals surface area contributed by atoms with Gasteiger partial charge in [-0.05, 0) is 47.7 Å². The number of aliphatic hydroxyl groups is 13. The second-order valence-electron chi connectivity index (χ2n) is 15.9. The zero-order valence-corrected chi connectivity index (χ0v) is 34.1. The van der Waals surface area contributed by atoms with Crippen LogP contribution in [0.2, 0.25) is 0 Å². The molecule has 63 heavy (non-hydrogen) atoms. The molecule has 17 atom stereocenters. The van der Waals surface area contributed by atoms with E-state index in [4.69, 9.17) is 37.9 Å². The minimum atomic E-state index is -2.73. The van der Waals surface area contributed by atoms with Gasteiger partial charge in [0, 0.05) is 0 Å². The smallest absolute Gasteiger partial charge is 0.341 e. The monoisotopic (exact) mass is 904 g/mol. The third-order valence-electron chi connectivity index (χ3n) is 10.6. The minimum absolute atomic E-state index is 0.0661. The van der Waals surface area contributed by atoms with Gasteiger partial charge in [0.05, 0.1) is 19.8 Å². The zero-order chi connectivity index (χ0) is 46.3. The van der Waals surface area contributed by atoms with Crippen LogP contribution in [0.1, 0.15) is 31.4 Å². The van der Waals surface area contributed by atoms with Gasteiger partial charge in [-0.2, -0.15) is 0 Å². The fourth-order valence-corrected chi connectivity index (χ4v) is 6.94. The van der Waals surface area contributed by atoms with Gasteiger partial charge in [-0.25, -0.2) is 9.59 Å². The second kappa shape index (κ2) is 22.0. The number of carbonyl (C=O) groups is 2. The summed E-state index contributed by atoms with van der Waals surface area (Å²) in [5, 5.41) is 133. The lowest BCUT2D eigenvalue weighted by Crippen LogP contribution is -2.62. The third kappa shape index (κ3) is 12.0. The molecule has 3 heterocycles. The summed E-state index contributed by atoms with van der Waals surface area (Å²) in [4.78, 5) is 26.2. The number of ether oxygens (including phenoxy) is 8. The van der Waals surface area contributed by atoms with Crippen LogP contribution in [0.3, 0.4) is 0 Å². The van der Waals surface area contributed by atoms with Crippen LogP contribution in [0.15, 0.2) is 48.5 Å². The minimum Gasteiger partial charge on any atom is -0.462 e. The Kier molecular flexibility index (Phi) is 17.6. The fourth-order valence-electron chi connectivity index (χ4n) is 6.94. The van der Waals surface area contributed by atoms with E-state index < -0.39 is 161 Å². The summed E-state index contributed by atoms with van der Waals surface area (Å²) in [6.45, 7) is 0.456. The van der Waals surface area contributed by atoms with Crippen molar-refractivity contribution in [2.24, 2.45) is 5.92 Å². The second-order valence-corrected chi connectivity index (χ2v) is 15.9. The summed E-state index contributed by atoms with van der Waals surface area (Å²) in [7, 11) is 0. The Labute approximate surface area is 359 Å². The van der Waals surface area contributed by atoms with Gasteiger partial charge in [-0.3, -0.25) is 0 Å². The molecule has 23 heteroatoms. The van der Waals surface area contributed by atoms with Crippen molar-refractivity contribution in [3.05, 3.63) is 59.7 Å². The Bertz CT molecular complexity index is 1750. The van der Waals surface area contributed by atoms with Crippen molar-refractivity contribution >= 4 is 11.9 Å². The van der Waals surface area contributed by atoms with E-state index in [1.54, 1.807) is 13.8 Å². The number of rotatable bonds is 18. The van der Waals surface area contributed by atoms with E-state index in [1.807, 2.05) is 0 Å². The quantitative estimate of drug-likeness (QED) is 0.0622. The van der Waals surface area contributed by atoms with Gasteiger partial charge in [0.1, 0.15) is 98.0 Å². The Hall–Kier alpha value is -3.70. The molecule has 354 valence electrons. The molecule has 3 saturated heterocycles. The molecule has 0 radical (unpaired) electrons. The van der Waals surface area contributed by atoms with Crippen LogP contribution in [0.25, 0.3) is 0 Å². The highest BCUT2D eigenvalue weighted by Gasteiger charge is 2.51. The Balaban J connectivity index is 1.12. The average Bonchev–Trinajstić information content (AvgIpc) is 3.27. The van der Waals surface area contributed by atoms with Gasteiger partial charge in [0.15, 0.2) is 18.0 Å². The van der Waals surface area contributed by atoms with Crippen LogP contribution in [0, 0.1) is 5.92 Å². The SMILES string of the molecule is CC(C)C[C@](O)(C(=O)OCc1ccc(O[C@@H]2O[C@H](CO)[C@@H](O)[C@H](O)[C@H]2O)cc1)[C@H](O)C(=O)OCc1ccc(O[C@@H]2O[C@H](CO[C@@H]3O[C@H](CO)[C@@H](O)[C@H](O)[C@H]3O)[C@@H](O)[C@H](O)[C@H]2O)cc1. The van der Waals surface area contributed by atoms with Gasteiger partial charge in [0.2, 0.25) is 12.6 Å². The van der Waals surface area contributed by atoms with E-state index in [1.165, 1.54) is 48.5 Å². The van der Waals surface area contributed by atoms with E-state index in [9.17, 15) is 76.0 Å². The van der Waals surface area contributed by atoms with Crippen LogP contribution < -0.4 is 9.47 Å².